The zero-order valence-corrected chi connectivity index (χ0v) is 35.0. The van der Waals surface area contributed by atoms with Crippen LogP contribution in [0.2, 0.25) is 0 Å². The number of nitrogens with zero attached hydrogens (tertiary/aromatic N) is 3. The number of benzene rings is 9. The molecule has 9 aromatic carbocycles. The van der Waals surface area contributed by atoms with Crippen molar-refractivity contribution < 1.29 is 0 Å². The van der Waals surface area contributed by atoms with Crippen molar-refractivity contribution in [2.24, 2.45) is 0 Å². The first-order valence-corrected chi connectivity index (χ1v) is 21.7. The highest BCUT2D eigenvalue weighted by Crippen LogP contribution is 2.40. The number of anilines is 8. The molecule has 0 aromatic heterocycles. The zero-order valence-electron chi connectivity index (χ0n) is 35.0. The summed E-state index contributed by atoms with van der Waals surface area (Å²) in [6, 6.07) is 87.3. The normalized spacial score (nSPS) is 13.0. The summed E-state index contributed by atoms with van der Waals surface area (Å²) in [5, 5.41) is 0. The first-order valence-electron chi connectivity index (χ1n) is 21.7. The molecule has 63 heavy (non-hydrogen) atoms. The third-order valence-corrected chi connectivity index (χ3v) is 11.7. The van der Waals surface area contributed by atoms with E-state index in [2.05, 4.69) is 282 Å². The molecule has 0 saturated heterocycles. The van der Waals surface area contributed by atoms with Crippen LogP contribution in [-0.2, 0) is 0 Å². The van der Waals surface area contributed by atoms with Gasteiger partial charge in [0.25, 0.3) is 0 Å². The van der Waals surface area contributed by atoms with Crippen molar-refractivity contribution in [2.45, 2.75) is 12.5 Å². The molecule has 1 aliphatic rings. The maximum Gasteiger partial charge on any atom is 0.0559 e. The number of hydrogen-bond donors (Lipinski definition) is 0. The first-order chi connectivity index (χ1) is 31.2. The van der Waals surface area contributed by atoms with E-state index in [4.69, 9.17) is 0 Å². The minimum Gasteiger partial charge on any atom is -0.334 e. The molecule has 3 heteroatoms. The maximum atomic E-state index is 2.44. The molecule has 0 amide bonds. The van der Waals surface area contributed by atoms with Gasteiger partial charge in [-0.25, -0.2) is 0 Å². The SMILES string of the molecule is C1=CCC(N(c2ccccc2)c2ccc(-c3cc(-c4ccc(N(c5ccccc5)c5ccccc5)cc4)cc(-c4ccc(N(c5ccccc5)c5ccccc5)cc4)c3)cc2)C=C1. The minimum absolute atomic E-state index is 0.239. The minimum atomic E-state index is 0.239. The topological polar surface area (TPSA) is 9.72 Å². The van der Waals surface area contributed by atoms with Gasteiger partial charge in [0.1, 0.15) is 0 Å². The van der Waals surface area contributed by atoms with Crippen LogP contribution in [0.15, 0.2) is 267 Å². The van der Waals surface area contributed by atoms with Gasteiger partial charge in [0.2, 0.25) is 0 Å². The monoisotopic (exact) mass is 809 g/mol. The van der Waals surface area contributed by atoms with Gasteiger partial charge in [-0.3, -0.25) is 0 Å². The van der Waals surface area contributed by atoms with Crippen molar-refractivity contribution in [2.75, 3.05) is 14.7 Å². The molecule has 3 nitrogen and oxygen atoms in total. The Morgan fingerprint density at radius 1 is 0.270 bits per heavy atom. The van der Waals surface area contributed by atoms with E-state index in [0.29, 0.717) is 0 Å². The lowest BCUT2D eigenvalue weighted by Gasteiger charge is -2.32. The standard InChI is InChI=1S/C60H47N3/c1-7-19-52(20-8-1)61(53-21-9-2-10-22-53)58-37-31-46(32-38-58)49-43-50(47-33-39-59(40-34-47)62(54-23-11-3-12-24-54)55-25-13-4-14-26-55)45-51(44-49)48-35-41-60(42-36-48)63(56-27-15-5-16-28-56)57-29-17-6-18-30-57/h1-29,31-45,57H,30H2. The molecule has 302 valence electrons. The summed E-state index contributed by atoms with van der Waals surface area (Å²) < 4.78 is 0. The van der Waals surface area contributed by atoms with Crippen molar-refractivity contribution in [3.8, 4) is 33.4 Å². The van der Waals surface area contributed by atoms with E-state index in [0.717, 1.165) is 62.8 Å². The summed E-state index contributed by atoms with van der Waals surface area (Å²) >= 11 is 0. The van der Waals surface area contributed by atoms with Gasteiger partial charge in [0.15, 0.2) is 0 Å². The van der Waals surface area contributed by atoms with Gasteiger partial charge < -0.3 is 14.7 Å². The van der Waals surface area contributed by atoms with Crippen LogP contribution in [0.1, 0.15) is 6.42 Å². The van der Waals surface area contributed by atoms with Gasteiger partial charge in [0, 0.05) is 45.5 Å². The van der Waals surface area contributed by atoms with Crippen LogP contribution in [0.4, 0.5) is 45.5 Å². The average molecular weight is 810 g/mol. The smallest absolute Gasteiger partial charge is 0.0559 e. The van der Waals surface area contributed by atoms with E-state index in [1.165, 1.54) is 22.5 Å². The van der Waals surface area contributed by atoms with Gasteiger partial charge >= 0.3 is 0 Å². The second kappa shape index (κ2) is 18.2. The highest BCUT2D eigenvalue weighted by atomic mass is 15.2. The molecular weight excluding hydrogens is 763 g/mol. The second-order valence-electron chi connectivity index (χ2n) is 15.8. The fourth-order valence-electron chi connectivity index (χ4n) is 8.63. The van der Waals surface area contributed by atoms with E-state index >= 15 is 0 Å². The van der Waals surface area contributed by atoms with Gasteiger partial charge in [-0.15, -0.1) is 0 Å². The maximum absolute atomic E-state index is 2.44. The molecule has 9 aromatic rings. The lowest BCUT2D eigenvalue weighted by atomic mass is 9.93. The fraction of sp³-hybridized carbons (Fsp3) is 0.0333. The highest BCUT2D eigenvalue weighted by Gasteiger charge is 2.20. The molecule has 0 fully saturated rings. The number of rotatable bonds is 12. The molecule has 0 radical (unpaired) electrons. The molecule has 0 aliphatic heterocycles. The lowest BCUT2D eigenvalue weighted by molar-refractivity contribution is 0.785. The van der Waals surface area contributed by atoms with Crippen LogP contribution in [0, 0.1) is 0 Å². The number of allylic oxidation sites excluding steroid dienone is 2. The third kappa shape index (κ3) is 8.59. The molecule has 0 heterocycles. The Hall–Kier alpha value is -8.14. The van der Waals surface area contributed by atoms with Crippen LogP contribution in [-0.4, -0.2) is 6.04 Å². The van der Waals surface area contributed by atoms with Crippen molar-refractivity contribution >= 4 is 45.5 Å². The Morgan fingerprint density at radius 2 is 0.556 bits per heavy atom. The van der Waals surface area contributed by atoms with Crippen molar-refractivity contribution in [3.05, 3.63) is 267 Å². The zero-order chi connectivity index (χ0) is 42.2. The molecular formula is C60H47N3. The summed E-state index contributed by atoms with van der Waals surface area (Å²) in [7, 11) is 0. The molecule has 1 aliphatic carbocycles. The molecule has 1 atom stereocenters. The van der Waals surface area contributed by atoms with Gasteiger partial charge in [0.05, 0.1) is 6.04 Å². The van der Waals surface area contributed by atoms with Crippen LogP contribution in [0.3, 0.4) is 0 Å². The molecule has 1 unspecified atom stereocenters. The summed E-state index contributed by atoms with van der Waals surface area (Å²) in [6.07, 6.45) is 9.80. The summed E-state index contributed by atoms with van der Waals surface area (Å²) in [5.74, 6) is 0. The van der Waals surface area contributed by atoms with E-state index in [9.17, 15) is 0 Å². The molecule has 0 bridgehead atoms. The first kappa shape index (κ1) is 39.0. The fourth-order valence-corrected chi connectivity index (χ4v) is 8.63. The number of para-hydroxylation sites is 5. The Balaban J connectivity index is 1.04. The van der Waals surface area contributed by atoms with Gasteiger partial charge in [-0.05, 0) is 155 Å². The third-order valence-electron chi connectivity index (χ3n) is 11.7. The average Bonchev–Trinajstić information content (AvgIpc) is 3.37. The van der Waals surface area contributed by atoms with Crippen LogP contribution >= 0.6 is 0 Å². The Bertz CT molecular complexity index is 2710. The Morgan fingerprint density at radius 3 is 0.873 bits per heavy atom. The quantitative estimate of drug-likeness (QED) is 0.122. The second-order valence-corrected chi connectivity index (χ2v) is 15.8. The van der Waals surface area contributed by atoms with E-state index in [-0.39, 0.29) is 6.04 Å². The predicted molar refractivity (Wildman–Crippen MR) is 267 cm³/mol. The molecule has 0 spiro atoms. The molecule has 10 rings (SSSR count). The highest BCUT2D eigenvalue weighted by molar-refractivity contribution is 5.85. The summed E-state index contributed by atoms with van der Waals surface area (Å²) in [6.45, 7) is 0. The Labute approximate surface area is 371 Å². The summed E-state index contributed by atoms with van der Waals surface area (Å²) in [5.41, 5.74) is 16.0. The van der Waals surface area contributed by atoms with E-state index in [1.54, 1.807) is 0 Å². The van der Waals surface area contributed by atoms with E-state index in [1.807, 2.05) is 0 Å². The Kier molecular flexibility index (Phi) is 11.3. The van der Waals surface area contributed by atoms with Gasteiger partial charge in [-0.1, -0.05) is 152 Å². The van der Waals surface area contributed by atoms with E-state index < -0.39 is 0 Å². The number of hydrogen-bond acceptors (Lipinski definition) is 3. The summed E-state index contributed by atoms with van der Waals surface area (Å²) in [4.78, 5) is 7.05. The largest absolute Gasteiger partial charge is 0.334 e. The van der Waals surface area contributed by atoms with Crippen molar-refractivity contribution in [1.29, 1.82) is 0 Å². The van der Waals surface area contributed by atoms with Crippen LogP contribution in [0.5, 0.6) is 0 Å². The van der Waals surface area contributed by atoms with Gasteiger partial charge in [-0.2, -0.15) is 0 Å². The van der Waals surface area contributed by atoms with Crippen LogP contribution < -0.4 is 14.7 Å². The van der Waals surface area contributed by atoms with Crippen molar-refractivity contribution in [3.63, 3.8) is 0 Å². The lowest BCUT2D eigenvalue weighted by Crippen LogP contribution is -2.29. The molecule has 0 N–H and O–H groups in total. The predicted octanol–water partition coefficient (Wildman–Crippen LogP) is 16.6. The van der Waals surface area contributed by atoms with Crippen molar-refractivity contribution in [1.82, 2.24) is 0 Å². The van der Waals surface area contributed by atoms with Crippen LogP contribution in [0.25, 0.3) is 33.4 Å². The molecule has 0 saturated carbocycles.